The Balaban J connectivity index is 1.15. The molecule has 0 saturated carbocycles. The average molecular weight is 503 g/mol. The zero-order valence-corrected chi connectivity index (χ0v) is 20.9. The third-order valence-electron chi connectivity index (χ3n) is 7.30. The topological polar surface area (TPSA) is 47.7 Å². The SMILES string of the molecule is C(=Nn1c2ccccc2c2ccccc21)c1ccc2cc(C=Nn3c4ccccc4c4ccccc43)oc2c1. The minimum absolute atomic E-state index is 0.698. The average Bonchev–Trinajstić information content (AvgIpc) is 3.65. The lowest BCUT2D eigenvalue weighted by molar-refractivity contribution is 0.607. The third-order valence-corrected chi connectivity index (χ3v) is 7.30. The monoisotopic (exact) mass is 502 g/mol. The smallest absolute Gasteiger partial charge is 0.148 e. The van der Waals surface area contributed by atoms with Crippen LogP contribution in [0.3, 0.4) is 0 Å². The van der Waals surface area contributed by atoms with Gasteiger partial charge in [0.2, 0.25) is 0 Å². The number of hydrogen-bond acceptors (Lipinski definition) is 3. The first kappa shape index (κ1) is 21.6. The Labute approximate surface area is 223 Å². The lowest BCUT2D eigenvalue weighted by atomic mass is 10.2. The molecule has 3 aromatic heterocycles. The van der Waals surface area contributed by atoms with E-state index in [-0.39, 0.29) is 0 Å². The maximum absolute atomic E-state index is 6.18. The van der Waals surface area contributed by atoms with Gasteiger partial charge in [-0.1, -0.05) is 84.9 Å². The summed E-state index contributed by atoms with van der Waals surface area (Å²) >= 11 is 0. The van der Waals surface area contributed by atoms with Crippen LogP contribution in [0.1, 0.15) is 11.3 Å². The molecule has 0 bridgehead atoms. The number of furan rings is 1. The van der Waals surface area contributed by atoms with Crippen molar-refractivity contribution in [2.24, 2.45) is 10.2 Å². The predicted molar refractivity (Wildman–Crippen MR) is 161 cm³/mol. The first-order chi connectivity index (χ1) is 19.3. The normalized spacial score (nSPS) is 12.4. The first-order valence-electron chi connectivity index (χ1n) is 12.9. The fourth-order valence-corrected chi connectivity index (χ4v) is 5.50. The molecule has 184 valence electrons. The van der Waals surface area contributed by atoms with Crippen molar-refractivity contribution in [1.82, 2.24) is 9.35 Å². The Morgan fingerprint density at radius 2 is 0.949 bits per heavy atom. The summed E-state index contributed by atoms with van der Waals surface area (Å²) in [5.74, 6) is 0.698. The van der Waals surface area contributed by atoms with E-state index in [0.717, 1.165) is 38.6 Å². The molecule has 0 saturated heterocycles. The molecule has 8 aromatic rings. The van der Waals surface area contributed by atoms with Gasteiger partial charge in [-0.3, -0.25) is 0 Å². The minimum atomic E-state index is 0.698. The van der Waals surface area contributed by atoms with Gasteiger partial charge in [-0.05, 0) is 42.0 Å². The second kappa shape index (κ2) is 8.57. The minimum Gasteiger partial charge on any atom is -0.455 e. The summed E-state index contributed by atoms with van der Waals surface area (Å²) in [6, 6.07) is 41.5. The summed E-state index contributed by atoms with van der Waals surface area (Å²) < 4.78 is 10.2. The van der Waals surface area contributed by atoms with E-state index in [9.17, 15) is 0 Å². The molecule has 0 amide bonds. The second-order valence-electron chi connectivity index (χ2n) is 9.63. The zero-order chi connectivity index (χ0) is 25.8. The molecular weight excluding hydrogens is 480 g/mol. The van der Waals surface area contributed by atoms with Crippen molar-refractivity contribution in [1.29, 1.82) is 0 Å². The van der Waals surface area contributed by atoms with Gasteiger partial charge in [0.05, 0.1) is 34.5 Å². The number of nitrogens with zero attached hydrogens (tertiary/aromatic N) is 4. The summed E-state index contributed by atoms with van der Waals surface area (Å²) in [4.78, 5) is 0. The van der Waals surface area contributed by atoms with Crippen LogP contribution in [0.2, 0.25) is 0 Å². The molecule has 0 spiro atoms. The van der Waals surface area contributed by atoms with Crippen LogP contribution >= 0.6 is 0 Å². The van der Waals surface area contributed by atoms with E-state index in [1.807, 2.05) is 52.0 Å². The van der Waals surface area contributed by atoms with Gasteiger partial charge in [-0.25, -0.2) is 9.35 Å². The van der Waals surface area contributed by atoms with Gasteiger partial charge in [0.1, 0.15) is 11.3 Å². The molecule has 5 heteroatoms. The van der Waals surface area contributed by atoms with E-state index in [4.69, 9.17) is 14.6 Å². The summed E-state index contributed by atoms with van der Waals surface area (Å²) in [6.45, 7) is 0. The van der Waals surface area contributed by atoms with Crippen molar-refractivity contribution in [2.45, 2.75) is 0 Å². The molecule has 0 fully saturated rings. The van der Waals surface area contributed by atoms with Gasteiger partial charge in [0, 0.05) is 26.9 Å². The highest BCUT2D eigenvalue weighted by molar-refractivity contribution is 6.09. The number of benzene rings is 5. The van der Waals surface area contributed by atoms with Crippen molar-refractivity contribution in [3.63, 3.8) is 0 Å². The van der Waals surface area contributed by atoms with E-state index in [0.29, 0.717) is 5.76 Å². The molecule has 39 heavy (non-hydrogen) atoms. The van der Waals surface area contributed by atoms with E-state index in [1.54, 1.807) is 6.21 Å². The highest BCUT2D eigenvalue weighted by Gasteiger charge is 2.10. The van der Waals surface area contributed by atoms with Gasteiger partial charge in [0.25, 0.3) is 0 Å². The predicted octanol–water partition coefficient (Wildman–Crippen LogP) is 8.41. The van der Waals surface area contributed by atoms with Crippen LogP contribution in [0.25, 0.3) is 54.6 Å². The number of para-hydroxylation sites is 4. The maximum atomic E-state index is 6.18. The molecule has 3 heterocycles. The van der Waals surface area contributed by atoms with Crippen LogP contribution in [0.15, 0.2) is 136 Å². The third kappa shape index (κ3) is 3.48. The summed E-state index contributed by atoms with van der Waals surface area (Å²) in [6.07, 6.45) is 3.66. The first-order valence-corrected chi connectivity index (χ1v) is 12.9. The van der Waals surface area contributed by atoms with E-state index in [2.05, 4.69) is 84.9 Å². The molecule has 5 aromatic carbocycles. The lowest BCUT2D eigenvalue weighted by Gasteiger charge is -2.00. The van der Waals surface area contributed by atoms with E-state index < -0.39 is 0 Å². The van der Waals surface area contributed by atoms with Gasteiger partial charge in [0.15, 0.2) is 0 Å². The Kier molecular flexibility index (Phi) is 4.76. The van der Waals surface area contributed by atoms with Crippen LogP contribution in [-0.2, 0) is 0 Å². The van der Waals surface area contributed by atoms with Crippen molar-refractivity contribution >= 4 is 67.0 Å². The number of rotatable bonds is 4. The van der Waals surface area contributed by atoms with Crippen LogP contribution < -0.4 is 0 Å². The molecule has 8 rings (SSSR count). The molecule has 0 radical (unpaired) electrons. The Hall–Kier alpha value is -5.42. The quantitative estimate of drug-likeness (QED) is 0.223. The summed E-state index contributed by atoms with van der Waals surface area (Å²) in [5, 5.41) is 15.4. The van der Waals surface area contributed by atoms with Gasteiger partial charge < -0.3 is 4.42 Å². The fourth-order valence-electron chi connectivity index (χ4n) is 5.50. The van der Waals surface area contributed by atoms with E-state index in [1.165, 1.54) is 21.5 Å². The van der Waals surface area contributed by atoms with Gasteiger partial charge >= 0.3 is 0 Å². The molecule has 0 unspecified atom stereocenters. The van der Waals surface area contributed by atoms with Crippen LogP contribution in [-0.4, -0.2) is 21.8 Å². The molecule has 0 atom stereocenters. The van der Waals surface area contributed by atoms with Crippen LogP contribution in [0.4, 0.5) is 0 Å². The zero-order valence-electron chi connectivity index (χ0n) is 20.9. The molecule has 0 N–H and O–H groups in total. The molecular formula is C34H22N4O. The second-order valence-corrected chi connectivity index (χ2v) is 9.63. The Morgan fingerprint density at radius 1 is 0.487 bits per heavy atom. The Morgan fingerprint density at radius 3 is 1.46 bits per heavy atom. The number of fused-ring (bicyclic) bond motifs is 7. The van der Waals surface area contributed by atoms with Crippen molar-refractivity contribution in [3.8, 4) is 0 Å². The fraction of sp³-hybridized carbons (Fsp3) is 0. The summed E-state index contributed by atoms with van der Waals surface area (Å²) in [7, 11) is 0. The van der Waals surface area contributed by atoms with Crippen molar-refractivity contribution in [3.05, 3.63) is 133 Å². The molecule has 0 aliphatic rings. The van der Waals surface area contributed by atoms with Crippen LogP contribution in [0, 0.1) is 0 Å². The lowest BCUT2D eigenvalue weighted by Crippen LogP contribution is -1.90. The number of aromatic nitrogens is 2. The highest BCUT2D eigenvalue weighted by Crippen LogP contribution is 2.30. The molecule has 0 aliphatic carbocycles. The van der Waals surface area contributed by atoms with Crippen LogP contribution in [0.5, 0.6) is 0 Å². The largest absolute Gasteiger partial charge is 0.455 e. The van der Waals surface area contributed by atoms with Gasteiger partial charge in [-0.2, -0.15) is 10.2 Å². The van der Waals surface area contributed by atoms with Crippen molar-refractivity contribution in [2.75, 3.05) is 0 Å². The Bertz CT molecular complexity index is 2010. The highest BCUT2D eigenvalue weighted by atomic mass is 16.3. The molecule has 0 aliphatic heterocycles. The van der Waals surface area contributed by atoms with Crippen molar-refractivity contribution < 1.29 is 4.42 Å². The standard InChI is InChI=1S/C34H22N4O/c1-5-13-30-26(9-1)27-10-2-6-14-31(27)37(30)35-21-23-17-18-24-20-25(39-34(24)19-23)22-36-38-32-15-7-3-11-28(32)29-12-4-8-16-33(29)38/h1-22H. The van der Waals surface area contributed by atoms with Gasteiger partial charge in [-0.15, -0.1) is 0 Å². The molecule has 5 nitrogen and oxygen atoms in total. The van der Waals surface area contributed by atoms with E-state index >= 15 is 0 Å². The summed E-state index contributed by atoms with van der Waals surface area (Å²) in [5.41, 5.74) is 6.05. The number of hydrogen-bond donors (Lipinski definition) is 0. The maximum Gasteiger partial charge on any atom is 0.148 e.